The number of rotatable bonds is 8. The second-order valence-electron chi connectivity index (χ2n) is 9.51. The minimum absolute atomic E-state index is 0.0497. The van der Waals surface area contributed by atoms with Gasteiger partial charge in [0, 0.05) is 12.5 Å². The number of anilines is 1. The van der Waals surface area contributed by atoms with Crippen LogP contribution >= 0.6 is 0 Å². The Morgan fingerprint density at radius 2 is 1.70 bits per heavy atom. The molecule has 1 saturated heterocycles. The van der Waals surface area contributed by atoms with E-state index in [0.29, 0.717) is 29.4 Å². The van der Waals surface area contributed by atoms with Crippen LogP contribution in [0.15, 0.2) is 54.9 Å². The van der Waals surface area contributed by atoms with E-state index < -0.39 is 31.1 Å². The first kappa shape index (κ1) is 25.2. The van der Waals surface area contributed by atoms with Crippen molar-refractivity contribution in [2.45, 2.75) is 50.8 Å². The highest BCUT2D eigenvalue weighted by Gasteiger charge is 2.44. The van der Waals surface area contributed by atoms with E-state index in [-0.39, 0.29) is 12.5 Å². The molecule has 0 saturated carbocycles. The van der Waals surface area contributed by atoms with Crippen LogP contribution in [0, 0.1) is 13.8 Å². The summed E-state index contributed by atoms with van der Waals surface area (Å²) in [5.41, 5.74) is 11.5. The Labute approximate surface area is 214 Å². The fourth-order valence-electron chi connectivity index (χ4n) is 4.87. The first-order chi connectivity index (χ1) is 17.9. The molecule has 1 aliphatic rings. The molecule has 1 fully saturated rings. The highest BCUT2D eigenvalue weighted by Crippen LogP contribution is 2.33. The predicted molar refractivity (Wildman–Crippen MR) is 139 cm³/mol. The first-order valence-electron chi connectivity index (χ1n) is 12.3. The molecule has 0 amide bonds. The number of aromatic nitrogens is 4. The quantitative estimate of drug-likeness (QED) is 0.242. The van der Waals surface area contributed by atoms with Gasteiger partial charge in [0.25, 0.3) is 0 Å². The molecule has 37 heavy (non-hydrogen) atoms. The number of aryl methyl sites for hydroxylation is 2. The third kappa shape index (κ3) is 4.94. The number of hydrogen-bond acceptors (Lipinski definition) is 9. The molecule has 194 valence electrons. The third-order valence-electron chi connectivity index (χ3n) is 6.80. The molecule has 2 aromatic heterocycles. The Morgan fingerprint density at radius 3 is 2.27 bits per heavy atom. The summed E-state index contributed by atoms with van der Waals surface area (Å²) in [6.07, 6.45) is -2.86. The number of ether oxygens (including phenoxy) is 1. The molecule has 3 heterocycles. The van der Waals surface area contributed by atoms with Gasteiger partial charge in [-0.1, -0.05) is 59.7 Å². The average molecular weight is 505 g/mol. The van der Waals surface area contributed by atoms with Crippen LogP contribution in [-0.4, -0.2) is 66.3 Å². The van der Waals surface area contributed by atoms with Gasteiger partial charge in [-0.05, 0) is 25.0 Å². The monoisotopic (exact) mass is 504 g/mol. The van der Waals surface area contributed by atoms with Crippen molar-refractivity contribution in [1.29, 1.82) is 0 Å². The molecule has 0 aliphatic carbocycles. The van der Waals surface area contributed by atoms with Gasteiger partial charge >= 0.3 is 0 Å². The molecule has 2 aromatic carbocycles. The molecule has 10 heteroatoms. The lowest BCUT2D eigenvalue weighted by atomic mass is 9.89. The van der Waals surface area contributed by atoms with Gasteiger partial charge in [-0.2, -0.15) is 0 Å². The van der Waals surface area contributed by atoms with Crippen LogP contribution in [0.2, 0.25) is 0 Å². The molecule has 4 atom stereocenters. The van der Waals surface area contributed by atoms with E-state index in [1.54, 1.807) is 4.57 Å². The molecular weight excluding hydrogens is 472 g/mol. The lowest BCUT2D eigenvalue weighted by Gasteiger charge is -2.21. The standard InChI is InChI=1S/C27H32N6O4/c1-15-5-3-7-17(9-15)19(18-8-4-6-16(2)10-18)12-29-25-22-26(32-21(11-28)31-25)33(14-30-22)27-24(36)23(35)20(13-34)37-27/h3-10,14,19-20,23-24,27,34-36H,11-13,28H2,1-2H3,(H,29,31,32). The summed E-state index contributed by atoms with van der Waals surface area (Å²) in [4.78, 5) is 13.6. The van der Waals surface area contributed by atoms with E-state index in [0.717, 1.165) is 0 Å². The second-order valence-corrected chi connectivity index (χ2v) is 9.51. The molecule has 6 N–H and O–H groups in total. The topological polar surface area (TPSA) is 152 Å². The molecule has 5 rings (SSSR count). The van der Waals surface area contributed by atoms with Gasteiger partial charge in [-0.15, -0.1) is 0 Å². The summed E-state index contributed by atoms with van der Waals surface area (Å²) < 4.78 is 7.24. The Balaban J connectivity index is 1.50. The van der Waals surface area contributed by atoms with E-state index in [4.69, 9.17) is 10.5 Å². The predicted octanol–water partition coefficient (Wildman–Crippen LogP) is 1.76. The van der Waals surface area contributed by atoms with E-state index in [2.05, 4.69) is 82.6 Å². The van der Waals surface area contributed by atoms with Crippen molar-refractivity contribution in [2.75, 3.05) is 18.5 Å². The molecule has 10 nitrogen and oxygen atoms in total. The summed E-state index contributed by atoms with van der Waals surface area (Å²) >= 11 is 0. The molecule has 0 bridgehead atoms. The van der Waals surface area contributed by atoms with E-state index in [1.807, 2.05) is 0 Å². The zero-order chi connectivity index (χ0) is 26.1. The zero-order valence-corrected chi connectivity index (χ0v) is 20.8. The maximum Gasteiger partial charge on any atom is 0.168 e. The van der Waals surface area contributed by atoms with Crippen LogP contribution in [0.25, 0.3) is 11.2 Å². The lowest BCUT2D eigenvalue weighted by Crippen LogP contribution is -2.33. The number of imidazole rings is 1. The number of aliphatic hydroxyl groups excluding tert-OH is 3. The summed E-state index contributed by atoms with van der Waals surface area (Å²) in [6.45, 7) is 4.39. The first-order valence-corrected chi connectivity index (χ1v) is 12.3. The zero-order valence-electron chi connectivity index (χ0n) is 20.8. The maximum absolute atomic E-state index is 10.5. The summed E-state index contributed by atoms with van der Waals surface area (Å²) in [5, 5.41) is 33.7. The van der Waals surface area contributed by atoms with Gasteiger partial charge < -0.3 is 31.1 Å². The highest BCUT2D eigenvalue weighted by atomic mass is 16.6. The van der Waals surface area contributed by atoms with Gasteiger partial charge in [0.1, 0.15) is 24.1 Å². The smallest absolute Gasteiger partial charge is 0.168 e. The minimum atomic E-state index is -1.26. The van der Waals surface area contributed by atoms with Crippen LogP contribution in [0.4, 0.5) is 5.82 Å². The Bertz CT molecular complexity index is 1350. The van der Waals surface area contributed by atoms with Gasteiger partial charge in [-0.3, -0.25) is 4.57 Å². The fourth-order valence-corrected chi connectivity index (χ4v) is 4.87. The van der Waals surface area contributed by atoms with Crippen LogP contribution < -0.4 is 11.1 Å². The summed E-state index contributed by atoms with van der Waals surface area (Å²) in [5.74, 6) is 0.959. The van der Waals surface area contributed by atoms with Crippen molar-refractivity contribution in [2.24, 2.45) is 5.73 Å². The molecule has 0 spiro atoms. The Morgan fingerprint density at radius 1 is 1.03 bits per heavy atom. The molecule has 0 radical (unpaired) electrons. The van der Waals surface area contributed by atoms with E-state index in [9.17, 15) is 15.3 Å². The Hall–Kier alpha value is -3.41. The number of aliphatic hydroxyl groups is 3. The average Bonchev–Trinajstić information content (AvgIpc) is 3.44. The highest BCUT2D eigenvalue weighted by molar-refractivity contribution is 5.83. The van der Waals surface area contributed by atoms with Gasteiger partial charge in [0.15, 0.2) is 23.2 Å². The molecular formula is C27H32N6O4. The van der Waals surface area contributed by atoms with Crippen molar-refractivity contribution in [3.05, 3.63) is 82.9 Å². The van der Waals surface area contributed by atoms with Crippen LogP contribution in [-0.2, 0) is 11.3 Å². The van der Waals surface area contributed by atoms with Gasteiger partial charge in [0.05, 0.1) is 19.5 Å². The SMILES string of the molecule is Cc1cccc(C(CNc2nc(CN)nc3c2ncn3C2OC(CO)C(O)C2O)c2cccc(C)c2)c1. The number of nitrogens with two attached hydrogens (primary N) is 1. The number of fused-ring (bicyclic) bond motifs is 1. The van der Waals surface area contributed by atoms with Crippen molar-refractivity contribution in [3.63, 3.8) is 0 Å². The largest absolute Gasteiger partial charge is 0.394 e. The summed E-state index contributed by atoms with van der Waals surface area (Å²) in [6, 6.07) is 16.9. The van der Waals surface area contributed by atoms with E-state index >= 15 is 0 Å². The maximum atomic E-state index is 10.5. The van der Waals surface area contributed by atoms with Crippen LogP contribution in [0.1, 0.15) is 40.2 Å². The third-order valence-corrected chi connectivity index (χ3v) is 6.80. The minimum Gasteiger partial charge on any atom is -0.394 e. The van der Waals surface area contributed by atoms with Crippen molar-refractivity contribution < 1.29 is 20.1 Å². The number of hydrogen-bond donors (Lipinski definition) is 5. The molecule has 4 unspecified atom stereocenters. The molecule has 4 aromatic rings. The van der Waals surface area contributed by atoms with Crippen molar-refractivity contribution in [3.8, 4) is 0 Å². The fraction of sp³-hybridized carbons (Fsp3) is 0.370. The summed E-state index contributed by atoms with van der Waals surface area (Å²) in [7, 11) is 0. The van der Waals surface area contributed by atoms with Crippen LogP contribution in [0.3, 0.4) is 0 Å². The number of nitrogens with one attached hydrogen (secondary N) is 1. The lowest BCUT2D eigenvalue weighted by molar-refractivity contribution is -0.0511. The molecule has 1 aliphatic heterocycles. The van der Waals surface area contributed by atoms with Crippen molar-refractivity contribution in [1.82, 2.24) is 19.5 Å². The normalized spacial score (nSPS) is 21.7. The van der Waals surface area contributed by atoms with E-state index in [1.165, 1.54) is 28.6 Å². The Kier molecular flexibility index (Phi) is 7.18. The number of benzene rings is 2. The second kappa shape index (κ2) is 10.5. The van der Waals surface area contributed by atoms with Crippen LogP contribution in [0.5, 0.6) is 0 Å². The van der Waals surface area contributed by atoms with Gasteiger partial charge in [-0.25, -0.2) is 15.0 Å². The number of nitrogens with zero attached hydrogens (tertiary/aromatic N) is 4. The van der Waals surface area contributed by atoms with Gasteiger partial charge in [0.2, 0.25) is 0 Å². The van der Waals surface area contributed by atoms with Crippen molar-refractivity contribution >= 4 is 17.0 Å².